The Labute approximate surface area is 66.0 Å². The summed E-state index contributed by atoms with van der Waals surface area (Å²) in [6.45, 7) is 2.64. The quantitative estimate of drug-likeness (QED) is 0.698. The Morgan fingerprint density at radius 3 is 3.00 bits per heavy atom. The van der Waals surface area contributed by atoms with E-state index in [1.807, 2.05) is 6.92 Å². The monoisotopic (exact) mass is 155 g/mol. The van der Waals surface area contributed by atoms with Crippen LogP contribution in [0.4, 0.5) is 5.82 Å². The summed E-state index contributed by atoms with van der Waals surface area (Å²) in [6.07, 6.45) is 1.68. The molecule has 1 unspecified atom stereocenters. The average Bonchev–Trinajstić information content (AvgIpc) is 2.36. The SMILES string of the molecule is COCC(C)n1nccc1N. The Morgan fingerprint density at radius 2 is 2.55 bits per heavy atom. The van der Waals surface area contributed by atoms with Crippen LogP contribution in [0, 0.1) is 0 Å². The summed E-state index contributed by atoms with van der Waals surface area (Å²) in [6, 6.07) is 1.97. The third-order valence-electron chi connectivity index (χ3n) is 1.53. The summed E-state index contributed by atoms with van der Waals surface area (Å²) < 4.78 is 6.71. The van der Waals surface area contributed by atoms with Gasteiger partial charge in [0.1, 0.15) is 5.82 Å². The summed E-state index contributed by atoms with van der Waals surface area (Å²) in [4.78, 5) is 0. The van der Waals surface area contributed by atoms with Crippen LogP contribution in [0.2, 0.25) is 0 Å². The van der Waals surface area contributed by atoms with Crippen LogP contribution in [0.1, 0.15) is 13.0 Å². The van der Waals surface area contributed by atoms with Gasteiger partial charge < -0.3 is 10.5 Å². The Morgan fingerprint density at radius 1 is 1.82 bits per heavy atom. The normalized spacial score (nSPS) is 13.3. The van der Waals surface area contributed by atoms with E-state index < -0.39 is 0 Å². The van der Waals surface area contributed by atoms with Gasteiger partial charge in [-0.3, -0.25) is 0 Å². The lowest BCUT2D eigenvalue weighted by Gasteiger charge is -2.11. The molecule has 4 heteroatoms. The number of ether oxygens (including phenoxy) is 1. The maximum Gasteiger partial charge on any atom is 0.122 e. The first-order chi connectivity index (χ1) is 5.25. The molecule has 2 N–H and O–H groups in total. The van der Waals surface area contributed by atoms with Gasteiger partial charge in [-0.15, -0.1) is 0 Å². The second kappa shape index (κ2) is 3.39. The Hall–Kier alpha value is -1.03. The zero-order valence-corrected chi connectivity index (χ0v) is 6.82. The third kappa shape index (κ3) is 1.71. The lowest BCUT2D eigenvalue weighted by molar-refractivity contribution is 0.158. The Kier molecular flexibility index (Phi) is 2.48. The lowest BCUT2D eigenvalue weighted by Crippen LogP contribution is -2.14. The molecule has 0 aromatic carbocycles. The third-order valence-corrected chi connectivity index (χ3v) is 1.53. The van der Waals surface area contributed by atoms with Crippen molar-refractivity contribution < 1.29 is 4.74 Å². The van der Waals surface area contributed by atoms with Gasteiger partial charge in [-0.05, 0) is 13.0 Å². The Balaban J connectivity index is 2.67. The van der Waals surface area contributed by atoms with Crippen molar-refractivity contribution >= 4 is 5.82 Å². The molecule has 1 aromatic rings. The van der Waals surface area contributed by atoms with Crippen molar-refractivity contribution in [1.29, 1.82) is 0 Å². The first kappa shape index (κ1) is 8.07. The molecule has 0 aliphatic rings. The number of hydrogen-bond acceptors (Lipinski definition) is 3. The first-order valence-electron chi connectivity index (χ1n) is 3.53. The largest absolute Gasteiger partial charge is 0.384 e. The molecule has 0 bridgehead atoms. The van der Waals surface area contributed by atoms with Crippen LogP contribution >= 0.6 is 0 Å². The van der Waals surface area contributed by atoms with E-state index in [1.54, 1.807) is 24.1 Å². The van der Waals surface area contributed by atoms with Gasteiger partial charge in [0.25, 0.3) is 0 Å². The van der Waals surface area contributed by atoms with Crippen LogP contribution < -0.4 is 5.73 Å². The molecule has 0 amide bonds. The fraction of sp³-hybridized carbons (Fsp3) is 0.571. The molecule has 62 valence electrons. The second-order valence-corrected chi connectivity index (χ2v) is 2.51. The van der Waals surface area contributed by atoms with Crippen molar-refractivity contribution in [3.05, 3.63) is 12.3 Å². The van der Waals surface area contributed by atoms with Crippen LogP contribution in [-0.4, -0.2) is 23.5 Å². The van der Waals surface area contributed by atoms with E-state index >= 15 is 0 Å². The summed E-state index contributed by atoms with van der Waals surface area (Å²) in [5.74, 6) is 0.676. The van der Waals surface area contributed by atoms with Crippen molar-refractivity contribution in [1.82, 2.24) is 9.78 Å². The number of anilines is 1. The molecule has 0 spiro atoms. The standard InChI is InChI=1S/C7H13N3O/c1-6(5-11-2)10-7(8)3-4-9-10/h3-4,6H,5,8H2,1-2H3. The fourth-order valence-electron chi connectivity index (χ4n) is 1.00. The van der Waals surface area contributed by atoms with Gasteiger partial charge in [0.15, 0.2) is 0 Å². The molecule has 0 saturated heterocycles. The molecule has 1 heterocycles. The van der Waals surface area contributed by atoms with Gasteiger partial charge >= 0.3 is 0 Å². The lowest BCUT2D eigenvalue weighted by atomic mass is 10.4. The molecule has 0 fully saturated rings. The van der Waals surface area contributed by atoms with E-state index in [-0.39, 0.29) is 6.04 Å². The van der Waals surface area contributed by atoms with Crippen LogP contribution in [0.5, 0.6) is 0 Å². The van der Waals surface area contributed by atoms with Crippen molar-refractivity contribution in [2.45, 2.75) is 13.0 Å². The summed E-state index contributed by atoms with van der Waals surface area (Å²) in [7, 11) is 1.66. The van der Waals surface area contributed by atoms with Crippen LogP contribution in [0.3, 0.4) is 0 Å². The predicted molar refractivity (Wildman–Crippen MR) is 43.2 cm³/mol. The van der Waals surface area contributed by atoms with Gasteiger partial charge in [-0.1, -0.05) is 0 Å². The van der Waals surface area contributed by atoms with Crippen LogP contribution in [-0.2, 0) is 4.74 Å². The fourth-order valence-corrected chi connectivity index (χ4v) is 1.00. The molecule has 4 nitrogen and oxygen atoms in total. The number of rotatable bonds is 3. The number of methoxy groups -OCH3 is 1. The van der Waals surface area contributed by atoms with E-state index in [1.165, 1.54) is 0 Å². The molecule has 1 aromatic heterocycles. The number of nitrogens with two attached hydrogens (primary N) is 1. The highest BCUT2D eigenvalue weighted by atomic mass is 16.5. The summed E-state index contributed by atoms with van der Waals surface area (Å²) in [5, 5.41) is 4.05. The zero-order valence-electron chi connectivity index (χ0n) is 6.82. The van der Waals surface area contributed by atoms with E-state index in [0.29, 0.717) is 12.4 Å². The molecular formula is C7H13N3O. The molecule has 0 aliphatic carbocycles. The van der Waals surface area contributed by atoms with Gasteiger partial charge in [0.2, 0.25) is 0 Å². The van der Waals surface area contributed by atoms with Crippen LogP contribution in [0.15, 0.2) is 12.3 Å². The van der Waals surface area contributed by atoms with E-state index in [9.17, 15) is 0 Å². The number of aromatic nitrogens is 2. The van der Waals surface area contributed by atoms with E-state index in [2.05, 4.69) is 5.10 Å². The van der Waals surface area contributed by atoms with Crippen molar-refractivity contribution in [2.75, 3.05) is 19.5 Å². The second-order valence-electron chi connectivity index (χ2n) is 2.51. The van der Waals surface area contributed by atoms with E-state index in [4.69, 9.17) is 10.5 Å². The van der Waals surface area contributed by atoms with Gasteiger partial charge in [0.05, 0.1) is 18.8 Å². The highest BCUT2D eigenvalue weighted by molar-refractivity contribution is 5.26. The molecule has 1 atom stereocenters. The smallest absolute Gasteiger partial charge is 0.122 e. The zero-order chi connectivity index (χ0) is 8.27. The topological polar surface area (TPSA) is 53.1 Å². The van der Waals surface area contributed by atoms with Gasteiger partial charge in [-0.25, -0.2) is 4.68 Å². The van der Waals surface area contributed by atoms with Gasteiger partial charge in [-0.2, -0.15) is 5.10 Å². The first-order valence-corrected chi connectivity index (χ1v) is 3.53. The van der Waals surface area contributed by atoms with Crippen molar-refractivity contribution in [3.63, 3.8) is 0 Å². The number of hydrogen-bond donors (Lipinski definition) is 1. The Bertz CT molecular complexity index is 221. The maximum atomic E-state index is 5.62. The molecule has 11 heavy (non-hydrogen) atoms. The molecule has 0 saturated carbocycles. The minimum absolute atomic E-state index is 0.204. The molecule has 1 rings (SSSR count). The molecule has 0 radical (unpaired) electrons. The van der Waals surface area contributed by atoms with Crippen LogP contribution in [0.25, 0.3) is 0 Å². The van der Waals surface area contributed by atoms with E-state index in [0.717, 1.165) is 0 Å². The van der Waals surface area contributed by atoms with Crippen molar-refractivity contribution in [2.24, 2.45) is 0 Å². The number of nitrogen functional groups attached to an aromatic ring is 1. The molecule has 0 aliphatic heterocycles. The predicted octanol–water partition coefficient (Wildman–Crippen LogP) is 0.673. The minimum atomic E-state index is 0.204. The minimum Gasteiger partial charge on any atom is -0.384 e. The number of nitrogens with zero attached hydrogens (tertiary/aromatic N) is 2. The highest BCUT2D eigenvalue weighted by Crippen LogP contribution is 2.09. The maximum absolute atomic E-state index is 5.62. The average molecular weight is 155 g/mol. The molecular weight excluding hydrogens is 142 g/mol. The summed E-state index contributed by atoms with van der Waals surface area (Å²) >= 11 is 0. The van der Waals surface area contributed by atoms with Gasteiger partial charge in [0, 0.05) is 7.11 Å². The van der Waals surface area contributed by atoms with Crippen molar-refractivity contribution in [3.8, 4) is 0 Å². The highest BCUT2D eigenvalue weighted by Gasteiger charge is 2.06. The summed E-state index contributed by atoms with van der Waals surface area (Å²) in [5.41, 5.74) is 5.62.